The Balaban J connectivity index is 5.83. The Labute approximate surface area is 118 Å². The second-order valence-electron chi connectivity index (χ2n) is 3.16. The average Bonchev–Trinajstić information content (AvgIpc) is 2.11. The van der Waals surface area contributed by atoms with E-state index in [9.17, 15) is 51.8 Å². The highest BCUT2D eigenvalue weighted by Gasteiger charge is 2.81. The van der Waals surface area contributed by atoms with Gasteiger partial charge in [-0.05, 0) is 23.2 Å². The summed E-state index contributed by atoms with van der Waals surface area (Å²) in [7, 11) is -7.66. The number of ether oxygens (including phenoxy) is 1. The Bertz CT molecular complexity index is 497. The average molecular weight is 401 g/mol. The van der Waals surface area contributed by atoms with Crippen LogP contribution in [0, 0.1) is 0 Å². The summed E-state index contributed by atoms with van der Waals surface area (Å²) in [4.78, 5) is 0. The molecule has 0 N–H and O–H groups in total. The molecule has 16 heteroatoms. The lowest BCUT2D eigenvalue weighted by molar-refractivity contribution is -0.425. The first-order valence-corrected chi connectivity index (χ1v) is 6.07. The van der Waals surface area contributed by atoms with Crippen LogP contribution in [0.15, 0.2) is 0 Å². The summed E-state index contributed by atoms with van der Waals surface area (Å²) in [6.07, 6.45) is -7.00. The number of hydrogen-bond acceptors (Lipinski definition) is 3. The van der Waals surface area contributed by atoms with E-state index in [0.717, 1.165) is 0 Å². The zero-order valence-corrected chi connectivity index (χ0v) is 11.0. The molecule has 0 fully saturated rings. The van der Waals surface area contributed by atoms with Crippen molar-refractivity contribution in [3.63, 3.8) is 0 Å². The molecule has 0 aromatic rings. The molecule has 0 aliphatic rings. The minimum Gasteiger partial charge on any atom is -0.258 e. The van der Waals surface area contributed by atoms with Crippen molar-refractivity contribution in [3.05, 3.63) is 0 Å². The molecule has 0 heterocycles. The van der Waals surface area contributed by atoms with Gasteiger partial charge in [-0.1, -0.05) is 3.89 Å². The van der Waals surface area contributed by atoms with Crippen molar-refractivity contribution in [2.75, 3.05) is 0 Å². The normalized spacial score (nSPS) is 18.5. The fraction of sp³-hybridized carbons (Fsp3) is 1.00. The summed E-state index contributed by atoms with van der Waals surface area (Å²) in [5.41, 5.74) is 0. The first-order valence-electron chi connectivity index (χ1n) is 3.93. The summed E-state index contributed by atoms with van der Waals surface area (Å²) in [6, 6.07) is 0. The molecule has 0 aliphatic carbocycles. The minimum atomic E-state index is -7.66. The quantitative estimate of drug-likeness (QED) is 0.386. The van der Waals surface area contributed by atoms with Crippen LogP contribution in [0.5, 0.6) is 0 Å². The Kier molecular flexibility index (Phi) is 5.11. The molecule has 3 nitrogen and oxygen atoms in total. The topological polar surface area (TPSA) is 43.4 Å². The predicted molar refractivity (Wildman–Crippen MR) is 46.4 cm³/mol. The van der Waals surface area contributed by atoms with E-state index >= 15 is 0 Å². The van der Waals surface area contributed by atoms with E-state index in [2.05, 4.69) is 23.2 Å². The van der Waals surface area contributed by atoms with Gasteiger partial charge in [0.05, 0.1) is 0 Å². The third kappa shape index (κ3) is 3.59. The number of halogens is 12. The van der Waals surface area contributed by atoms with Crippen LogP contribution < -0.4 is 0 Å². The number of hydrogen-bond donors (Lipinski definition) is 0. The maximum atomic E-state index is 12.7. The van der Waals surface area contributed by atoms with Crippen LogP contribution in [-0.4, -0.2) is 36.4 Å². The first kappa shape index (κ1) is 20.8. The van der Waals surface area contributed by atoms with Crippen molar-refractivity contribution in [2.45, 2.75) is 28.0 Å². The molecule has 0 amide bonds. The van der Waals surface area contributed by atoms with Crippen LogP contribution in [0.25, 0.3) is 0 Å². The van der Waals surface area contributed by atoms with Gasteiger partial charge in [0, 0.05) is 0 Å². The molecule has 0 bridgehead atoms. The van der Waals surface area contributed by atoms with Crippen molar-refractivity contribution < 1.29 is 56.6 Å². The lowest BCUT2D eigenvalue weighted by atomic mass is 10.3. The monoisotopic (exact) mass is 400 g/mol. The fourth-order valence-electron chi connectivity index (χ4n) is 0.605. The molecule has 1 unspecified atom stereocenters. The molecular weight excluding hydrogens is 401 g/mol. The molecule has 0 aromatic carbocycles. The SMILES string of the molecule is O=S(=O)(F)C(F)(F)C(F)(F)C(F)(F)OC(F)(Cl)C(F)(F)Cl. The van der Waals surface area contributed by atoms with E-state index in [1.165, 1.54) is 0 Å². The van der Waals surface area contributed by atoms with Crippen LogP contribution in [0.1, 0.15) is 0 Å². The summed E-state index contributed by atoms with van der Waals surface area (Å²) in [6.45, 7) is 0. The van der Waals surface area contributed by atoms with Gasteiger partial charge in [0.2, 0.25) is 0 Å². The van der Waals surface area contributed by atoms with E-state index < -0.39 is 38.2 Å². The lowest BCUT2D eigenvalue weighted by Crippen LogP contribution is -2.60. The molecular formula is C5Cl2F10O3S. The van der Waals surface area contributed by atoms with Crippen molar-refractivity contribution in [3.8, 4) is 0 Å². The third-order valence-corrected chi connectivity index (χ3v) is 3.15. The van der Waals surface area contributed by atoms with Crippen LogP contribution in [0.4, 0.5) is 43.4 Å². The third-order valence-electron chi connectivity index (χ3n) is 1.62. The van der Waals surface area contributed by atoms with E-state index in [1.54, 1.807) is 0 Å². The Hall–Kier alpha value is -0.210. The Morgan fingerprint density at radius 1 is 0.810 bits per heavy atom. The van der Waals surface area contributed by atoms with Gasteiger partial charge in [-0.3, -0.25) is 4.74 Å². The molecule has 0 aromatic heterocycles. The number of alkyl halides is 11. The summed E-state index contributed by atoms with van der Waals surface area (Å²) < 4.78 is 146. The van der Waals surface area contributed by atoms with Crippen molar-refractivity contribution in [2.24, 2.45) is 0 Å². The van der Waals surface area contributed by atoms with E-state index in [4.69, 9.17) is 0 Å². The van der Waals surface area contributed by atoms with Crippen molar-refractivity contribution >= 4 is 33.4 Å². The highest BCUT2D eigenvalue weighted by molar-refractivity contribution is 7.87. The molecule has 1 atom stereocenters. The van der Waals surface area contributed by atoms with Gasteiger partial charge < -0.3 is 0 Å². The molecule has 0 aliphatic heterocycles. The van der Waals surface area contributed by atoms with Gasteiger partial charge in [-0.25, -0.2) is 0 Å². The molecule has 21 heavy (non-hydrogen) atoms. The molecule has 0 spiro atoms. The predicted octanol–water partition coefficient (Wildman–Crippen LogP) is 3.82. The van der Waals surface area contributed by atoms with Crippen LogP contribution in [-0.2, 0) is 15.0 Å². The zero-order chi connectivity index (χ0) is 17.7. The van der Waals surface area contributed by atoms with Crippen molar-refractivity contribution in [1.29, 1.82) is 0 Å². The van der Waals surface area contributed by atoms with E-state index in [0.29, 0.717) is 0 Å². The zero-order valence-electron chi connectivity index (χ0n) is 8.67. The van der Waals surface area contributed by atoms with Crippen LogP contribution in [0.3, 0.4) is 0 Å². The maximum absolute atomic E-state index is 12.7. The molecule has 0 radical (unpaired) electrons. The summed E-state index contributed by atoms with van der Waals surface area (Å²) in [5.74, 6) is -7.32. The second kappa shape index (κ2) is 5.16. The van der Waals surface area contributed by atoms with Crippen molar-refractivity contribution in [1.82, 2.24) is 0 Å². The lowest BCUT2D eigenvalue weighted by Gasteiger charge is -2.33. The van der Waals surface area contributed by atoms with Gasteiger partial charge >= 0.3 is 38.2 Å². The van der Waals surface area contributed by atoms with Crippen LogP contribution in [0.2, 0.25) is 0 Å². The minimum absolute atomic E-state index is 1.96. The van der Waals surface area contributed by atoms with Gasteiger partial charge in [0.15, 0.2) is 0 Å². The van der Waals surface area contributed by atoms with Gasteiger partial charge in [-0.2, -0.15) is 47.9 Å². The van der Waals surface area contributed by atoms with Gasteiger partial charge in [-0.15, -0.1) is 0 Å². The van der Waals surface area contributed by atoms with E-state index in [1.807, 2.05) is 4.74 Å². The molecule has 0 saturated heterocycles. The Morgan fingerprint density at radius 3 is 1.38 bits per heavy atom. The van der Waals surface area contributed by atoms with Gasteiger partial charge in [0.25, 0.3) is 0 Å². The molecule has 0 saturated carbocycles. The Morgan fingerprint density at radius 2 is 1.14 bits per heavy atom. The molecule has 0 rings (SSSR count). The van der Waals surface area contributed by atoms with Gasteiger partial charge in [0.1, 0.15) is 0 Å². The highest BCUT2D eigenvalue weighted by atomic mass is 35.5. The van der Waals surface area contributed by atoms with Crippen LogP contribution >= 0.6 is 23.2 Å². The standard InChI is InChI=1S/C5Cl2F10O3S/c6-2(10,11)3(7,12)20-4(13,14)1(8,9)5(15,16)21(17,18)19. The summed E-state index contributed by atoms with van der Waals surface area (Å²) in [5, 5.41) is -18.4. The first-order chi connectivity index (χ1) is 8.71. The summed E-state index contributed by atoms with van der Waals surface area (Å²) >= 11 is 7.66. The van der Waals surface area contributed by atoms with E-state index in [-0.39, 0.29) is 0 Å². The smallest absolute Gasteiger partial charge is 0.258 e. The largest absolute Gasteiger partial charge is 0.445 e. The maximum Gasteiger partial charge on any atom is 0.445 e. The highest BCUT2D eigenvalue weighted by Crippen LogP contribution is 2.53. The fourth-order valence-corrected chi connectivity index (χ4v) is 1.17. The second-order valence-corrected chi connectivity index (χ2v) is 5.51. The molecule has 128 valence electrons. The number of rotatable bonds is 6.